The second kappa shape index (κ2) is 9.88. The minimum absolute atomic E-state index is 0.163. The quantitative estimate of drug-likeness (QED) is 0.580. The number of aliphatic hydroxyl groups is 1. The number of aliphatic hydroxyl groups excluding tert-OH is 1. The van der Waals surface area contributed by atoms with Crippen molar-refractivity contribution in [3.05, 3.63) is 35.9 Å². The van der Waals surface area contributed by atoms with Gasteiger partial charge in [-0.2, -0.15) is 0 Å². The zero-order valence-electron chi connectivity index (χ0n) is 19.0. The molecule has 1 heterocycles. The molecular formula is C26H40N2O3. The van der Waals surface area contributed by atoms with Gasteiger partial charge in [0.25, 0.3) is 0 Å². The molecule has 0 amide bonds. The lowest BCUT2D eigenvalue weighted by Crippen LogP contribution is -2.52. The zero-order chi connectivity index (χ0) is 21.1. The van der Waals surface area contributed by atoms with Crippen LogP contribution in [0.2, 0.25) is 0 Å². The number of ether oxygens (including phenoxy) is 2. The molecule has 0 spiro atoms. The van der Waals surface area contributed by atoms with Crippen molar-refractivity contribution in [2.75, 3.05) is 52.5 Å². The third kappa shape index (κ3) is 5.69. The molecule has 0 radical (unpaired) electrons. The SMILES string of the molecule is OC(COCCOC12CC3CC(CC(C3)C1)C2)CN1CCN(Cc2ccccc2)CC1. The normalized spacial score (nSPS) is 34.3. The van der Waals surface area contributed by atoms with E-state index >= 15 is 0 Å². The molecule has 31 heavy (non-hydrogen) atoms. The van der Waals surface area contributed by atoms with Gasteiger partial charge in [-0.3, -0.25) is 9.80 Å². The van der Waals surface area contributed by atoms with E-state index in [9.17, 15) is 5.11 Å². The van der Waals surface area contributed by atoms with Crippen LogP contribution in [0.3, 0.4) is 0 Å². The number of nitrogens with zero attached hydrogens (tertiary/aromatic N) is 2. The number of hydrogen-bond acceptors (Lipinski definition) is 5. The van der Waals surface area contributed by atoms with Crippen molar-refractivity contribution >= 4 is 0 Å². The molecule has 1 aliphatic heterocycles. The highest BCUT2D eigenvalue weighted by atomic mass is 16.5. The van der Waals surface area contributed by atoms with Gasteiger partial charge in [0.2, 0.25) is 0 Å². The molecule has 0 aromatic heterocycles. The first-order chi connectivity index (χ1) is 15.2. The van der Waals surface area contributed by atoms with Crippen LogP contribution in [0.5, 0.6) is 0 Å². The van der Waals surface area contributed by atoms with Crippen molar-refractivity contribution in [2.45, 2.75) is 56.8 Å². The van der Waals surface area contributed by atoms with Crippen LogP contribution in [0.1, 0.15) is 44.1 Å². The fraction of sp³-hybridized carbons (Fsp3) is 0.769. The van der Waals surface area contributed by atoms with E-state index in [0.29, 0.717) is 26.4 Å². The van der Waals surface area contributed by atoms with E-state index in [0.717, 1.165) is 50.5 Å². The third-order valence-electron chi connectivity index (χ3n) is 8.11. The summed E-state index contributed by atoms with van der Waals surface area (Å²) in [6.45, 7) is 7.55. The third-order valence-corrected chi connectivity index (χ3v) is 8.11. The van der Waals surface area contributed by atoms with Crippen LogP contribution in [-0.2, 0) is 16.0 Å². The van der Waals surface area contributed by atoms with E-state index in [-0.39, 0.29) is 5.60 Å². The Hall–Kier alpha value is -0.980. The Kier molecular flexibility index (Phi) is 6.96. The average Bonchev–Trinajstić information content (AvgIpc) is 2.75. The minimum atomic E-state index is -0.416. The fourth-order valence-corrected chi connectivity index (χ4v) is 7.07. The van der Waals surface area contributed by atoms with Gasteiger partial charge in [-0.25, -0.2) is 0 Å². The maximum atomic E-state index is 10.4. The van der Waals surface area contributed by atoms with E-state index in [1.807, 2.05) is 0 Å². The van der Waals surface area contributed by atoms with Gasteiger partial charge < -0.3 is 14.6 Å². The van der Waals surface area contributed by atoms with E-state index < -0.39 is 6.10 Å². The summed E-state index contributed by atoms with van der Waals surface area (Å²) in [4.78, 5) is 4.86. The highest BCUT2D eigenvalue weighted by molar-refractivity contribution is 5.14. The lowest BCUT2D eigenvalue weighted by Gasteiger charge is -2.56. The molecule has 172 valence electrons. The Balaban J connectivity index is 0.941. The van der Waals surface area contributed by atoms with E-state index in [1.54, 1.807) is 0 Å². The largest absolute Gasteiger partial charge is 0.389 e. The molecule has 5 nitrogen and oxygen atoms in total. The summed E-state index contributed by atoms with van der Waals surface area (Å²) in [5, 5.41) is 10.4. The average molecular weight is 429 g/mol. The van der Waals surface area contributed by atoms with E-state index in [2.05, 4.69) is 40.1 Å². The Morgan fingerprint density at radius 1 is 0.871 bits per heavy atom. The molecule has 4 saturated carbocycles. The van der Waals surface area contributed by atoms with E-state index in [4.69, 9.17) is 9.47 Å². The maximum Gasteiger partial charge on any atom is 0.0900 e. The Labute approximate surface area is 187 Å². The molecule has 1 aromatic carbocycles. The van der Waals surface area contributed by atoms with Gasteiger partial charge in [-0.05, 0) is 61.8 Å². The lowest BCUT2D eigenvalue weighted by molar-refractivity contribution is -0.170. The molecule has 1 atom stereocenters. The lowest BCUT2D eigenvalue weighted by atomic mass is 9.54. The number of β-amino-alcohol motifs (C(OH)–C–C–N with tert-alkyl or cyclic N) is 1. The molecule has 1 aromatic rings. The molecule has 5 aliphatic rings. The zero-order valence-corrected chi connectivity index (χ0v) is 19.0. The highest BCUT2D eigenvalue weighted by Crippen LogP contribution is 2.57. The van der Waals surface area contributed by atoms with E-state index in [1.165, 1.54) is 44.1 Å². The fourth-order valence-electron chi connectivity index (χ4n) is 7.07. The van der Waals surface area contributed by atoms with Crippen molar-refractivity contribution in [2.24, 2.45) is 17.8 Å². The molecular weight excluding hydrogens is 388 g/mol. The van der Waals surface area contributed by atoms with Gasteiger partial charge in [0, 0.05) is 39.3 Å². The van der Waals surface area contributed by atoms with Crippen molar-refractivity contribution < 1.29 is 14.6 Å². The Bertz CT molecular complexity index is 654. The number of benzene rings is 1. The molecule has 1 unspecified atom stereocenters. The van der Waals surface area contributed by atoms with Gasteiger partial charge in [-0.15, -0.1) is 0 Å². The molecule has 4 bridgehead atoms. The van der Waals surface area contributed by atoms with Crippen LogP contribution in [0.4, 0.5) is 0 Å². The molecule has 1 N–H and O–H groups in total. The van der Waals surface area contributed by atoms with Crippen molar-refractivity contribution in [3.63, 3.8) is 0 Å². The van der Waals surface area contributed by atoms with Crippen LogP contribution < -0.4 is 0 Å². The van der Waals surface area contributed by atoms with Crippen molar-refractivity contribution in [1.82, 2.24) is 9.80 Å². The van der Waals surface area contributed by atoms with Gasteiger partial charge in [0.1, 0.15) is 0 Å². The van der Waals surface area contributed by atoms with Gasteiger partial charge >= 0.3 is 0 Å². The first kappa shape index (κ1) is 21.8. The van der Waals surface area contributed by atoms with Crippen LogP contribution in [0.25, 0.3) is 0 Å². The molecule has 5 heteroatoms. The molecule has 4 aliphatic carbocycles. The topological polar surface area (TPSA) is 45.2 Å². The summed E-state index contributed by atoms with van der Waals surface area (Å²) in [6.07, 6.45) is 7.76. The molecule has 1 saturated heterocycles. The summed E-state index contributed by atoms with van der Waals surface area (Å²) in [5.74, 6) is 2.76. The minimum Gasteiger partial charge on any atom is -0.389 e. The summed E-state index contributed by atoms with van der Waals surface area (Å²) in [6, 6.07) is 10.7. The monoisotopic (exact) mass is 428 g/mol. The van der Waals surface area contributed by atoms with Crippen molar-refractivity contribution in [1.29, 1.82) is 0 Å². The summed E-state index contributed by atoms with van der Waals surface area (Å²) >= 11 is 0. The predicted molar refractivity (Wildman–Crippen MR) is 122 cm³/mol. The van der Waals surface area contributed by atoms with Crippen LogP contribution in [0.15, 0.2) is 30.3 Å². The first-order valence-electron chi connectivity index (χ1n) is 12.5. The maximum absolute atomic E-state index is 10.4. The number of piperazine rings is 1. The van der Waals surface area contributed by atoms with Gasteiger partial charge in [0.05, 0.1) is 31.5 Å². The van der Waals surface area contributed by atoms with Crippen LogP contribution in [-0.4, -0.2) is 79.2 Å². The van der Waals surface area contributed by atoms with Gasteiger partial charge in [0.15, 0.2) is 0 Å². The first-order valence-corrected chi connectivity index (χ1v) is 12.5. The predicted octanol–water partition coefficient (Wildman–Crippen LogP) is 3.17. The van der Waals surface area contributed by atoms with Crippen molar-refractivity contribution in [3.8, 4) is 0 Å². The van der Waals surface area contributed by atoms with Gasteiger partial charge in [-0.1, -0.05) is 30.3 Å². The molecule has 6 rings (SSSR count). The van der Waals surface area contributed by atoms with Crippen LogP contribution in [0, 0.1) is 17.8 Å². The summed E-state index contributed by atoms with van der Waals surface area (Å²) in [7, 11) is 0. The Morgan fingerprint density at radius 2 is 1.48 bits per heavy atom. The van der Waals surface area contributed by atoms with Crippen LogP contribution >= 0.6 is 0 Å². The standard InChI is InChI=1S/C26H40N2O3/c29-25(19-28-8-6-27(7-9-28)18-21-4-2-1-3-5-21)20-30-10-11-31-26-15-22-12-23(16-26)14-24(13-22)17-26/h1-5,22-25,29H,6-20H2. The second-order valence-electron chi connectivity index (χ2n) is 10.7. The highest BCUT2D eigenvalue weighted by Gasteiger charge is 2.51. The summed E-state index contributed by atoms with van der Waals surface area (Å²) < 4.78 is 12.2. The molecule has 5 fully saturated rings. The summed E-state index contributed by atoms with van der Waals surface area (Å²) in [5.41, 5.74) is 1.54. The smallest absolute Gasteiger partial charge is 0.0900 e. The second-order valence-corrected chi connectivity index (χ2v) is 10.7. The number of rotatable bonds is 10. The Morgan fingerprint density at radius 3 is 2.13 bits per heavy atom. The number of hydrogen-bond donors (Lipinski definition) is 1.